The third-order valence-corrected chi connectivity index (χ3v) is 4.02. The highest BCUT2D eigenvalue weighted by molar-refractivity contribution is 6.35. The van der Waals surface area contributed by atoms with E-state index < -0.39 is 0 Å². The Bertz CT molecular complexity index is 591. The Hall–Kier alpha value is -1.32. The molecule has 1 fully saturated rings. The lowest BCUT2D eigenvalue weighted by molar-refractivity contribution is 0.479. The van der Waals surface area contributed by atoms with Crippen LogP contribution in [0, 0.1) is 6.92 Å². The zero-order valence-electron chi connectivity index (χ0n) is 11.0. The highest BCUT2D eigenvalue weighted by Gasteiger charge is 2.16. The van der Waals surface area contributed by atoms with Crippen molar-refractivity contribution >= 4 is 28.2 Å². The fraction of sp³-hybridized carbons (Fsp3) is 0.400. The molecule has 2 heterocycles. The summed E-state index contributed by atoms with van der Waals surface area (Å²) in [7, 11) is 0. The second kappa shape index (κ2) is 5.35. The minimum Gasteiger partial charge on any atom is -0.380 e. The van der Waals surface area contributed by atoms with Gasteiger partial charge in [0.05, 0.1) is 16.2 Å². The summed E-state index contributed by atoms with van der Waals surface area (Å²) in [6.45, 7) is 4.18. The van der Waals surface area contributed by atoms with Crippen molar-refractivity contribution in [2.75, 3.05) is 18.4 Å². The Kier molecular flexibility index (Phi) is 3.58. The maximum atomic E-state index is 6.42. The van der Waals surface area contributed by atoms with Crippen molar-refractivity contribution < 1.29 is 0 Å². The van der Waals surface area contributed by atoms with E-state index >= 15 is 0 Å². The Morgan fingerprint density at radius 2 is 2.16 bits per heavy atom. The molecule has 100 valence electrons. The molecule has 2 aromatic rings. The molecular weight excluding hydrogens is 258 g/mol. The molecule has 1 aliphatic rings. The van der Waals surface area contributed by atoms with Crippen LogP contribution in [0.2, 0.25) is 5.02 Å². The lowest BCUT2D eigenvalue weighted by Crippen LogP contribution is -2.35. The predicted octanol–water partition coefficient (Wildman–Crippen LogP) is 3.36. The Labute approximate surface area is 118 Å². The first kappa shape index (κ1) is 12.7. The zero-order chi connectivity index (χ0) is 13.2. The highest BCUT2D eigenvalue weighted by Crippen LogP contribution is 2.33. The third-order valence-electron chi connectivity index (χ3n) is 3.72. The molecule has 0 radical (unpaired) electrons. The molecule has 1 saturated heterocycles. The number of rotatable bonds is 2. The monoisotopic (exact) mass is 275 g/mol. The normalized spacial score (nSPS) is 16.7. The van der Waals surface area contributed by atoms with E-state index in [0.29, 0.717) is 6.04 Å². The fourth-order valence-electron chi connectivity index (χ4n) is 2.70. The van der Waals surface area contributed by atoms with Crippen molar-refractivity contribution in [2.24, 2.45) is 0 Å². The number of aryl methyl sites for hydroxylation is 1. The van der Waals surface area contributed by atoms with Gasteiger partial charge in [-0.3, -0.25) is 4.98 Å². The standard InChI is InChI=1S/C15H18ClN3/c1-10-9-13(16)15(12-3-2-6-18-14(10)12)19-11-4-7-17-8-5-11/h2-3,6,9,11,17,19H,4-5,7-8H2,1H3. The molecule has 1 aromatic heterocycles. The molecule has 3 rings (SSSR count). The van der Waals surface area contributed by atoms with Gasteiger partial charge >= 0.3 is 0 Å². The summed E-state index contributed by atoms with van der Waals surface area (Å²) < 4.78 is 0. The van der Waals surface area contributed by atoms with Crippen molar-refractivity contribution in [3.63, 3.8) is 0 Å². The number of hydrogen-bond donors (Lipinski definition) is 2. The van der Waals surface area contributed by atoms with Gasteiger partial charge in [0.1, 0.15) is 0 Å². The maximum absolute atomic E-state index is 6.42. The zero-order valence-corrected chi connectivity index (χ0v) is 11.8. The van der Waals surface area contributed by atoms with E-state index in [9.17, 15) is 0 Å². The largest absolute Gasteiger partial charge is 0.380 e. The third kappa shape index (κ3) is 2.53. The number of halogens is 1. The summed E-state index contributed by atoms with van der Waals surface area (Å²) in [5.74, 6) is 0. The van der Waals surface area contributed by atoms with Crippen LogP contribution in [0.1, 0.15) is 18.4 Å². The van der Waals surface area contributed by atoms with Crippen molar-refractivity contribution in [3.8, 4) is 0 Å². The predicted molar refractivity (Wildman–Crippen MR) is 81.0 cm³/mol. The molecule has 19 heavy (non-hydrogen) atoms. The van der Waals surface area contributed by atoms with Crippen LogP contribution in [-0.2, 0) is 0 Å². The quantitative estimate of drug-likeness (QED) is 0.882. The average Bonchev–Trinajstić information content (AvgIpc) is 2.45. The van der Waals surface area contributed by atoms with Crippen molar-refractivity contribution in [3.05, 3.63) is 35.0 Å². The molecule has 0 spiro atoms. The van der Waals surface area contributed by atoms with Gasteiger partial charge in [-0.05, 0) is 56.6 Å². The summed E-state index contributed by atoms with van der Waals surface area (Å²) >= 11 is 6.42. The number of pyridine rings is 1. The van der Waals surface area contributed by atoms with E-state index in [1.165, 1.54) is 0 Å². The molecule has 2 N–H and O–H groups in total. The topological polar surface area (TPSA) is 37.0 Å². The van der Waals surface area contributed by atoms with Gasteiger partial charge in [-0.25, -0.2) is 0 Å². The van der Waals surface area contributed by atoms with Gasteiger partial charge in [-0.15, -0.1) is 0 Å². The van der Waals surface area contributed by atoms with Gasteiger partial charge < -0.3 is 10.6 Å². The van der Waals surface area contributed by atoms with Gasteiger partial charge in [0.15, 0.2) is 0 Å². The molecule has 1 aliphatic heterocycles. The van der Waals surface area contributed by atoms with Crippen LogP contribution >= 0.6 is 11.6 Å². The Morgan fingerprint density at radius 1 is 1.37 bits per heavy atom. The van der Waals surface area contributed by atoms with Crippen LogP contribution in [0.4, 0.5) is 5.69 Å². The van der Waals surface area contributed by atoms with Crippen LogP contribution in [0.25, 0.3) is 10.9 Å². The summed E-state index contributed by atoms with van der Waals surface area (Å²) in [6.07, 6.45) is 4.09. The molecule has 0 amide bonds. The number of anilines is 1. The lowest BCUT2D eigenvalue weighted by Gasteiger charge is -2.26. The molecule has 4 heteroatoms. The van der Waals surface area contributed by atoms with Gasteiger partial charge in [0.25, 0.3) is 0 Å². The molecule has 1 aromatic carbocycles. The summed E-state index contributed by atoms with van der Waals surface area (Å²) in [5, 5.41) is 8.89. The molecule has 0 saturated carbocycles. The molecular formula is C15H18ClN3. The van der Waals surface area contributed by atoms with E-state index in [1.54, 1.807) is 0 Å². The van der Waals surface area contributed by atoms with E-state index in [-0.39, 0.29) is 0 Å². The second-order valence-corrected chi connectivity index (χ2v) is 5.53. The minimum atomic E-state index is 0.491. The minimum absolute atomic E-state index is 0.491. The van der Waals surface area contributed by atoms with Crippen LogP contribution in [-0.4, -0.2) is 24.1 Å². The average molecular weight is 276 g/mol. The maximum Gasteiger partial charge on any atom is 0.0752 e. The number of aromatic nitrogens is 1. The van der Waals surface area contributed by atoms with Gasteiger partial charge in [-0.2, -0.15) is 0 Å². The number of hydrogen-bond acceptors (Lipinski definition) is 3. The van der Waals surface area contributed by atoms with E-state index in [1.807, 2.05) is 18.3 Å². The van der Waals surface area contributed by atoms with Crippen LogP contribution < -0.4 is 10.6 Å². The number of nitrogens with zero attached hydrogens (tertiary/aromatic N) is 1. The smallest absolute Gasteiger partial charge is 0.0752 e. The van der Waals surface area contributed by atoms with Gasteiger partial charge in [0, 0.05) is 17.6 Å². The fourth-order valence-corrected chi connectivity index (χ4v) is 3.02. The van der Waals surface area contributed by atoms with E-state index in [2.05, 4.69) is 28.6 Å². The van der Waals surface area contributed by atoms with Crippen LogP contribution in [0.3, 0.4) is 0 Å². The molecule has 0 aliphatic carbocycles. The molecule has 3 nitrogen and oxygen atoms in total. The van der Waals surface area contributed by atoms with Crippen molar-refractivity contribution in [1.29, 1.82) is 0 Å². The SMILES string of the molecule is Cc1cc(Cl)c(NC2CCNCC2)c2cccnc12. The van der Waals surface area contributed by atoms with Crippen molar-refractivity contribution in [2.45, 2.75) is 25.8 Å². The molecule has 0 bridgehead atoms. The summed E-state index contributed by atoms with van der Waals surface area (Å²) in [6, 6.07) is 6.54. The second-order valence-electron chi connectivity index (χ2n) is 5.12. The first-order valence-corrected chi connectivity index (χ1v) is 7.14. The Morgan fingerprint density at radius 3 is 2.95 bits per heavy atom. The first-order chi connectivity index (χ1) is 9.25. The lowest BCUT2D eigenvalue weighted by atomic mass is 10.0. The van der Waals surface area contributed by atoms with Gasteiger partial charge in [-0.1, -0.05) is 11.6 Å². The number of nitrogens with one attached hydrogen (secondary N) is 2. The number of benzene rings is 1. The van der Waals surface area contributed by atoms with Crippen LogP contribution in [0.5, 0.6) is 0 Å². The highest BCUT2D eigenvalue weighted by atomic mass is 35.5. The number of fused-ring (bicyclic) bond motifs is 1. The summed E-state index contributed by atoms with van der Waals surface area (Å²) in [5.41, 5.74) is 3.18. The Balaban J connectivity index is 2.01. The van der Waals surface area contributed by atoms with Crippen molar-refractivity contribution in [1.82, 2.24) is 10.3 Å². The van der Waals surface area contributed by atoms with E-state index in [4.69, 9.17) is 11.6 Å². The molecule has 0 atom stereocenters. The van der Waals surface area contributed by atoms with Crippen LogP contribution in [0.15, 0.2) is 24.4 Å². The first-order valence-electron chi connectivity index (χ1n) is 6.77. The number of piperidine rings is 1. The van der Waals surface area contributed by atoms with E-state index in [0.717, 1.165) is 53.1 Å². The van der Waals surface area contributed by atoms with Gasteiger partial charge in [0.2, 0.25) is 0 Å². The molecule has 0 unspecified atom stereocenters. The summed E-state index contributed by atoms with van der Waals surface area (Å²) in [4.78, 5) is 4.46.